The molecule has 2 aliphatic rings. The fraction of sp³-hybridized carbons (Fsp3) is 0.550. The van der Waals surface area contributed by atoms with Crippen LogP contribution in [0.25, 0.3) is 0 Å². The van der Waals surface area contributed by atoms with Gasteiger partial charge in [-0.3, -0.25) is 9.80 Å². The number of hydrogen-bond acceptors (Lipinski definition) is 4. The molecule has 1 aromatic carbocycles. The number of hydrazine groups is 1. The molecule has 4 amide bonds. The number of likely N-dealkylation sites (tertiary alicyclic amines) is 1. The predicted molar refractivity (Wildman–Crippen MR) is 103 cm³/mol. The Labute approximate surface area is 165 Å². The molecule has 28 heavy (non-hydrogen) atoms. The van der Waals surface area contributed by atoms with Crippen LogP contribution in [0.15, 0.2) is 30.3 Å². The molecule has 2 heterocycles. The Morgan fingerprint density at radius 3 is 2.43 bits per heavy atom. The minimum absolute atomic E-state index is 0.0776. The molecule has 0 spiro atoms. The molecular weight excluding hydrogens is 360 g/mol. The summed E-state index contributed by atoms with van der Waals surface area (Å²) in [6, 6.07) is 9.54. The van der Waals surface area contributed by atoms with Gasteiger partial charge >= 0.3 is 12.1 Å². The molecule has 2 aliphatic heterocycles. The number of ether oxygens (including phenoxy) is 1. The van der Waals surface area contributed by atoms with Gasteiger partial charge in [-0.15, -0.1) is 0 Å². The van der Waals surface area contributed by atoms with Crippen LogP contribution in [0, 0.1) is 0 Å². The van der Waals surface area contributed by atoms with E-state index in [0.29, 0.717) is 39.0 Å². The molecule has 0 aliphatic carbocycles. The number of amides is 4. The summed E-state index contributed by atoms with van der Waals surface area (Å²) in [6.07, 6.45) is 1.93. The highest BCUT2D eigenvalue weighted by atomic mass is 16.6. The Hall–Kier alpha value is -2.77. The molecule has 0 radical (unpaired) electrons. The second kappa shape index (κ2) is 8.95. The Morgan fingerprint density at radius 1 is 1.11 bits per heavy atom. The number of hydrogen-bond donors (Lipinski definition) is 0. The second-order valence-electron chi connectivity index (χ2n) is 7.25. The third kappa shape index (κ3) is 4.55. The summed E-state index contributed by atoms with van der Waals surface area (Å²) >= 11 is 0. The molecule has 0 unspecified atom stereocenters. The van der Waals surface area contributed by atoms with E-state index in [4.69, 9.17) is 4.74 Å². The summed E-state index contributed by atoms with van der Waals surface area (Å²) in [5.41, 5.74) is 0.958. The lowest BCUT2D eigenvalue weighted by molar-refractivity contribution is -0.141. The van der Waals surface area contributed by atoms with Gasteiger partial charge in [0, 0.05) is 46.2 Å². The molecule has 2 saturated heterocycles. The maximum absolute atomic E-state index is 12.8. The highest BCUT2D eigenvalue weighted by Gasteiger charge is 2.36. The van der Waals surface area contributed by atoms with Crippen molar-refractivity contribution in [1.29, 1.82) is 0 Å². The van der Waals surface area contributed by atoms with Crippen molar-refractivity contribution >= 4 is 18.0 Å². The lowest BCUT2D eigenvalue weighted by Crippen LogP contribution is -2.60. The van der Waals surface area contributed by atoms with E-state index in [0.717, 1.165) is 12.0 Å². The predicted octanol–water partition coefficient (Wildman–Crippen LogP) is 2.31. The molecular formula is C20H28N4O4. The Kier molecular flexibility index (Phi) is 6.38. The van der Waals surface area contributed by atoms with E-state index in [1.807, 2.05) is 35.2 Å². The van der Waals surface area contributed by atoms with Gasteiger partial charge in [-0.2, -0.15) is 0 Å². The number of carbonyl (C=O) groups excluding carboxylic acids is 3. The largest absolute Gasteiger partial charge is 0.445 e. The SMILES string of the molecule is CC(=O)N(C)N1CCCN(C2CCN(C(=O)OCc3ccccc3)CC2)C1=O. The van der Waals surface area contributed by atoms with Gasteiger partial charge in [0.25, 0.3) is 0 Å². The molecule has 152 valence electrons. The van der Waals surface area contributed by atoms with Crippen LogP contribution in [0.4, 0.5) is 9.59 Å². The quantitative estimate of drug-likeness (QED) is 0.793. The van der Waals surface area contributed by atoms with Crippen molar-refractivity contribution in [3.8, 4) is 0 Å². The summed E-state index contributed by atoms with van der Waals surface area (Å²) in [4.78, 5) is 40.3. The first-order valence-electron chi connectivity index (χ1n) is 9.75. The lowest BCUT2D eigenvalue weighted by Gasteiger charge is -2.45. The molecule has 0 N–H and O–H groups in total. The number of piperidine rings is 1. The smallest absolute Gasteiger partial charge is 0.410 e. The average Bonchev–Trinajstić information content (AvgIpc) is 2.72. The van der Waals surface area contributed by atoms with E-state index in [1.54, 1.807) is 11.9 Å². The maximum atomic E-state index is 12.8. The second-order valence-corrected chi connectivity index (χ2v) is 7.25. The Bertz CT molecular complexity index is 703. The molecule has 0 atom stereocenters. The van der Waals surface area contributed by atoms with Crippen LogP contribution >= 0.6 is 0 Å². The zero-order chi connectivity index (χ0) is 20.1. The van der Waals surface area contributed by atoms with Crippen molar-refractivity contribution in [3.05, 3.63) is 35.9 Å². The van der Waals surface area contributed by atoms with Crippen molar-refractivity contribution in [1.82, 2.24) is 19.8 Å². The van der Waals surface area contributed by atoms with Crippen LogP contribution in [0.3, 0.4) is 0 Å². The lowest BCUT2D eigenvalue weighted by atomic mass is 10.0. The average molecular weight is 388 g/mol. The molecule has 0 bridgehead atoms. The van der Waals surface area contributed by atoms with Crippen LogP contribution in [-0.4, -0.2) is 77.1 Å². The van der Waals surface area contributed by atoms with Crippen molar-refractivity contribution in [2.45, 2.75) is 38.8 Å². The summed E-state index contributed by atoms with van der Waals surface area (Å²) in [7, 11) is 1.62. The fourth-order valence-corrected chi connectivity index (χ4v) is 3.69. The minimum atomic E-state index is -0.315. The highest BCUT2D eigenvalue weighted by molar-refractivity contribution is 5.80. The van der Waals surface area contributed by atoms with Crippen molar-refractivity contribution < 1.29 is 19.1 Å². The van der Waals surface area contributed by atoms with E-state index in [2.05, 4.69) is 0 Å². The Balaban J connectivity index is 1.49. The van der Waals surface area contributed by atoms with Gasteiger partial charge in [-0.1, -0.05) is 30.3 Å². The Morgan fingerprint density at radius 2 is 1.79 bits per heavy atom. The number of rotatable bonds is 4. The highest BCUT2D eigenvalue weighted by Crippen LogP contribution is 2.22. The number of nitrogens with zero attached hydrogens (tertiary/aromatic N) is 4. The number of carbonyl (C=O) groups is 3. The van der Waals surface area contributed by atoms with Gasteiger partial charge in [0.15, 0.2) is 0 Å². The van der Waals surface area contributed by atoms with E-state index >= 15 is 0 Å². The van der Waals surface area contributed by atoms with Gasteiger partial charge in [0.2, 0.25) is 5.91 Å². The normalized spacial score (nSPS) is 18.2. The standard InChI is InChI=1S/C20H28N4O4/c1-16(25)21(2)24-12-6-11-23(19(24)26)18-9-13-22(14-10-18)20(27)28-15-17-7-4-3-5-8-17/h3-5,7-8,18H,6,9-15H2,1-2H3. The molecule has 3 rings (SSSR count). The third-order valence-corrected chi connectivity index (χ3v) is 5.42. The van der Waals surface area contributed by atoms with Crippen LogP contribution in [0.5, 0.6) is 0 Å². The zero-order valence-corrected chi connectivity index (χ0v) is 16.5. The van der Waals surface area contributed by atoms with Crippen molar-refractivity contribution in [3.63, 3.8) is 0 Å². The topological polar surface area (TPSA) is 73.4 Å². The van der Waals surface area contributed by atoms with Gasteiger partial charge in [0.05, 0.1) is 0 Å². The monoisotopic (exact) mass is 388 g/mol. The van der Waals surface area contributed by atoms with Crippen LogP contribution in [0.2, 0.25) is 0 Å². The van der Waals surface area contributed by atoms with Crippen molar-refractivity contribution in [2.75, 3.05) is 33.2 Å². The molecule has 2 fully saturated rings. The maximum Gasteiger partial charge on any atom is 0.410 e. The first-order valence-corrected chi connectivity index (χ1v) is 9.75. The first-order chi connectivity index (χ1) is 13.5. The minimum Gasteiger partial charge on any atom is -0.445 e. The van der Waals surface area contributed by atoms with Gasteiger partial charge in [-0.25, -0.2) is 14.6 Å². The van der Waals surface area contributed by atoms with E-state index < -0.39 is 0 Å². The number of urea groups is 1. The molecule has 0 saturated carbocycles. The summed E-state index contributed by atoms with van der Waals surface area (Å²) in [5.74, 6) is -0.161. The zero-order valence-electron chi connectivity index (χ0n) is 16.5. The first kappa shape index (κ1) is 20.0. The molecule has 8 nitrogen and oxygen atoms in total. The molecule has 0 aromatic heterocycles. The van der Waals surface area contributed by atoms with E-state index in [9.17, 15) is 14.4 Å². The third-order valence-electron chi connectivity index (χ3n) is 5.42. The van der Waals surface area contributed by atoms with Crippen molar-refractivity contribution in [2.24, 2.45) is 0 Å². The van der Waals surface area contributed by atoms with Gasteiger partial charge in [-0.05, 0) is 24.8 Å². The van der Waals surface area contributed by atoms with Gasteiger partial charge in [0.1, 0.15) is 6.61 Å². The summed E-state index contributed by atoms with van der Waals surface area (Å²) < 4.78 is 5.40. The molecule has 8 heteroatoms. The van der Waals surface area contributed by atoms with E-state index in [-0.39, 0.29) is 30.7 Å². The van der Waals surface area contributed by atoms with E-state index in [1.165, 1.54) is 16.9 Å². The van der Waals surface area contributed by atoms with Gasteiger partial charge < -0.3 is 14.5 Å². The molecule has 1 aromatic rings. The van der Waals surface area contributed by atoms with Crippen LogP contribution in [-0.2, 0) is 16.1 Å². The fourth-order valence-electron chi connectivity index (χ4n) is 3.69. The summed E-state index contributed by atoms with van der Waals surface area (Å²) in [5, 5.41) is 2.89. The summed E-state index contributed by atoms with van der Waals surface area (Å²) in [6.45, 7) is 4.07. The van der Waals surface area contributed by atoms with Crippen LogP contribution < -0.4 is 0 Å². The van der Waals surface area contributed by atoms with Crippen LogP contribution in [0.1, 0.15) is 31.7 Å². The number of benzene rings is 1.